The monoisotopic (exact) mass is 238 g/mol. The SMILES string of the molecule is CNC1CCC(C)CN(Cc2nnco2)C1=O. The highest BCUT2D eigenvalue weighted by Crippen LogP contribution is 2.18. The molecule has 0 spiro atoms. The van der Waals surface area contributed by atoms with Crippen molar-refractivity contribution in [3.63, 3.8) is 0 Å². The number of aromatic nitrogens is 2. The van der Waals surface area contributed by atoms with E-state index in [2.05, 4.69) is 22.4 Å². The molecule has 1 N–H and O–H groups in total. The van der Waals surface area contributed by atoms with E-state index in [1.807, 2.05) is 7.05 Å². The van der Waals surface area contributed by atoms with Crippen LogP contribution in [0.15, 0.2) is 10.8 Å². The number of likely N-dealkylation sites (N-methyl/N-ethyl adjacent to an activating group) is 1. The Kier molecular flexibility index (Phi) is 3.73. The molecule has 1 aromatic rings. The first-order valence-electron chi connectivity index (χ1n) is 5.91. The number of carbonyl (C=O) groups excluding carboxylic acids is 1. The van der Waals surface area contributed by atoms with Crippen LogP contribution in [0.2, 0.25) is 0 Å². The summed E-state index contributed by atoms with van der Waals surface area (Å²) >= 11 is 0. The summed E-state index contributed by atoms with van der Waals surface area (Å²) in [5, 5.41) is 10.5. The van der Waals surface area contributed by atoms with Crippen molar-refractivity contribution < 1.29 is 9.21 Å². The van der Waals surface area contributed by atoms with Gasteiger partial charge in [0.1, 0.15) is 0 Å². The number of nitrogens with zero attached hydrogens (tertiary/aromatic N) is 3. The second-order valence-corrected chi connectivity index (χ2v) is 4.58. The Labute approximate surface area is 100 Å². The molecule has 1 saturated heterocycles. The molecule has 2 heterocycles. The molecular formula is C11H18N4O2. The summed E-state index contributed by atoms with van der Waals surface area (Å²) < 4.78 is 5.09. The first-order valence-corrected chi connectivity index (χ1v) is 5.91. The van der Waals surface area contributed by atoms with Crippen LogP contribution in [-0.2, 0) is 11.3 Å². The Morgan fingerprint density at radius 3 is 3.06 bits per heavy atom. The van der Waals surface area contributed by atoms with Gasteiger partial charge in [0.05, 0.1) is 12.6 Å². The number of amides is 1. The predicted molar refractivity (Wildman–Crippen MR) is 61.0 cm³/mol. The van der Waals surface area contributed by atoms with Crippen LogP contribution < -0.4 is 5.32 Å². The highest BCUT2D eigenvalue weighted by molar-refractivity contribution is 5.82. The maximum Gasteiger partial charge on any atom is 0.240 e. The molecule has 0 radical (unpaired) electrons. The lowest BCUT2D eigenvalue weighted by Gasteiger charge is -2.23. The van der Waals surface area contributed by atoms with E-state index in [9.17, 15) is 4.79 Å². The Morgan fingerprint density at radius 2 is 2.41 bits per heavy atom. The third kappa shape index (κ3) is 2.82. The van der Waals surface area contributed by atoms with E-state index in [1.54, 1.807) is 4.90 Å². The molecule has 0 bridgehead atoms. The minimum Gasteiger partial charge on any atom is -0.426 e. The number of likely N-dealkylation sites (tertiary alicyclic amines) is 1. The average Bonchev–Trinajstić information content (AvgIpc) is 2.77. The second kappa shape index (κ2) is 5.27. The highest BCUT2D eigenvalue weighted by atomic mass is 16.4. The van der Waals surface area contributed by atoms with Crippen LogP contribution in [0.3, 0.4) is 0 Å². The summed E-state index contributed by atoms with van der Waals surface area (Å²) in [6, 6.07) is -0.0946. The molecule has 2 rings (SSSR count). The first-order chi connectivity index (χ1) is 8.20. The van der Waals surface area contributed by atoms with Crippen molar-refractivity contribution in [2.24, 2.45) is 5.92 Å². The molecule has 2 unspecified atom stereocenters. The zero-order valence-corrected chi connectivity index (χ0v) is 10.2. The first kappa shape index (κ1) is 12.0. The van der Waals surface area contributed by atoms with E-state index in [1.165, 1.54) is 6.39 Å². The minimum absolute atomic E-state index is 0.0946. The molecule has 1 fully saturated rings. The molecule has 6 nitrogen and oxygen atoms in total. The molecule has 94 valence electrons. The maximum absolute atomic E-state index is 12.2. The molecule has 0 saturated carbocycles. The van der Waals surface area contributed by atoms with E-state index in [0.717, 1.165) is 19.4 Å². The van der Waals surface area contributed by atoms with Crippen molar-refractivity contribution in [1.82, 2.24) is 20.4 Å². The molecule has 1 aromatic heterocycles. The summed E-state index contributed by atoms with van der Waals surface area (Å²) in [6.45, 7) is 3.31. The third-order valence-electron chi connectivity index (χ3n) is 3.17. The van der Waals surface area contributed by atoms with Gasteiger partial charge >= 0.3 is 0 Å². The van der Waals surface area contributed by atoms with E-state index < -0.39 is 0 Å². The molecular weight excluding hydrogens is 220 g/mol. The van der Waals surface area contributed by atoms with Gasteiger partial charge < -0.3 is 14.6 Å². The summed E-state index contributed by atoms with van der Waals surface area (Å²) in [5.41, 5.74) is 0. The fraction of sp³-hybridized carbons (Fsp3) is 0.727. The normalized spacial score (nSPS) is 26.0. The summed E-state index contributed by atoms with van der Waals surface area (Å²) in [7, 11) is 1.82. The standard InChI is InChI=1S/C11H18N4O2/c1-8-3-4-9(12-2)11(16)15(5-8)6-10-14-13-7-17-10/h7-9,12H,3-6H2,1-2H3. The summed E-state index contributed by atoms with van der Waals surface area (Å²) in [4.78, 5) is 14.0. The van der Waals surface area contributed by atoms with Crippen LogP contribution in [0.1, 0.15) is 25.7 Å². The average molecular weight is 238 g/mol. The topological polar surface area (TPSA) is 71.3 Å². The number of carbonyl (C=O) groups is 1. The van der Waals surface area contributed by atoms with Gasteiger partial charge in [-0.3, -0.25) is 4.79 Å². The largest absolute Gasteiger partial charge is 0.426 e. The molecule has 0 aliphatic carbocycles. The maximum atomic E-state index is 12.2. The number of hydrogen-bond acceptors (Lipinski definition) is 5. The van der Waals surface area contributed by atoms with Gasteiger partial charge in [-0.05, 0) is 25.8 Å². The van der Waals surface area contributed by atoms with Crippen LogP contribution in [0.5, 0.6) is 0 Å². The molecule has 1 aliphatic rings. The minimum atomic E-state index is -0.0946. The molecule has 2 atom stereocenters. The van der Waals surface area contributed by atoms with Gasteiger partial charge in [-0.2, -0.15) is 0 Å². The van der Waals surface area contributed by atoms with Gasteiger partial charge in [-0.1, -0.05) is 6.92 Å². The number of hydrogen-bond donors (Lipinski definition) is 1. The van der Waals surface area contributed by atoms with Crippen LogP contribution >= 0.6 is 0 Å². The number of rotatable bonds is 3. The van der Waals surface area contributed by atoms with Crippen molar-refractivity contribution in [2.75, 3.05) is 13.6 Å². The molecule has 1 aliphatic heterocycles. The Hall–Kier alpha value is -1.43. The summed E-state index contributed by atoms with van der Waals surface area (Å²) in [5.74, 6) is 1.11. The van der Waals surface area contributed by atoms with Crippen LogP contribution in [-0.4, -0.2) is 40.6 Å². The molecule has 1 amide bonds. The van der Waals surface area contributed by atoms with Crippen LogP contribution in [0, 0.1) is 5.92 Å². The van der Waals surface area contributed by atoms with Crippen molar-refractivity contribution >= 4 is 5.91 Å². The molecule has 0 aromatic carbocycles. The van der Waals surface area contributed by atoms with Gasteiger partial charge in [0.25, 0.3) is 0 Å². The lowest BCUT2D eigenvalue weighted by molar-refractivity contribution is -0.134. The Bertz CT molecular complexity index is 366. The van der Waals surface area contributed by atoms with Gasteiger partial charge in [0, 0.05) is 6.54 Å². The predicted octanol–water partition coefficient (Wildman–Crippen LogP) is 0.416. The third-order valence-corrected chi connectivity index (χ3v) is 3.17. The van der Waals surface area contributed by atoms with Gasteiger partial charge in [0.2, 0.25) is 18.2 Å². The second-order valence-electron chi connectivity index (χ2n) is 4.58. The van der Waals surface area contributed by atoms with E-state index in [-0.39, 0.29) is 11.9 Å². The fourth-order valence-electron chi connectivity index (χ4n) is 2.19. The summed E-state index contributed by atoms with van der Waals surface area (Å²) in [6.07, 6.45) is 3.23. The Balaban J connectivity index is 2.09. The molecule has 17 heavy (non-hydrogen) atoms. The lowest BCUT2D eigenvalue weighted by atomic mass is 10.0. The van der Waals surface area contributed by atoms with Crippen LogP contribution in [0.25, 0.3) is 0 Å². The van der Waals surface area contributed by atoms with Gasteiger partial charge in [-0.25, -0.2) is 0 Å². The van der Waals surface area contributed by atoms with Crippen molar-refractivity contribution in [3.05, 3.63) is 12.3 Å². The smallest absolute Gasteiger partial charge is 0.240 e. The Morgan fingerprint density at radius 1 is 1.59 bits per heavy atom. The van der Waals surface area contributed by atoms with Crippen molar-refractivity contribution in [3.8, 4) is 0 Å². The van der Waals surface area contributed by atoms with E-state index in [4.69, 9.17) is 4.42 Å². The zero-order valence-electron chi connectivity index (χ0n) is 10.2. The highest BCUT2D eigenvalue weighted by Gasteiger charge is 2.29. The zero-order chi connectivity index (χ0) is 12.3. The van der Waals surface area contributed by atoms with E-state index in [0.29, 0.717) is 18.4 Å². The lowest BCUT2D eigenvalue weighted by Crippen LogP contribution is -2.43. The van der Waals surface area contributed by atoms with Crippen molar-refractivity contribution in [1.29, 1.82) is 0 Å². The quantitative estimate of drug-likeness (QED) is 0.826. The fourth-order valence-corrected chi connectivity index (χ4v) is 2.19. The van der Waals surface area contributed by atoms with Gasteiger partial charge in [0.15, 0.2) is 0 Å². The number of nitrogens with one attached hydrogen (secondary N) is 1. The van der Waals surface area contributed by atoms with Crippen LogP contribution in [0.4, 0.5) is 0 Å². The van der Waals surface area contributed by atoms with Crippen molar-refractivity contribution in [2.45, 2.75) is 32.4 Å². The molecule has 6 heteroatoms. The van der Waals surface area contributed by atoms with Gasteiger partial charge in [-0.15, -0.1) is 10.2 Å². The van der Waals surface area contributed by atoms with E-state index >= 15 is 0 Å².